The van der Waals surface area contributed by atoms with Gasteiger partial charge in [-0.25, -0.2) is 0 Å². The van der Waals surface area contributed by atoms with Gasteiger partial charge in [0.1, 0.15) is 11.7 Å². The van der Waals surface area contributed by atoms with Crippen LogP contribution in [0.2, 0.25) is 0 Å². The number of hydrogen-bond acceptors (Lipinski definition) is 3. The lowest BCUT2D eigenvalue weighted by molar-refractivity contribution is -0.150. The number of Topliss-reactive ketones (excluding diaryl/α,β-unsaturated/α-hetero) is 1. The largest absolute Gasteiger partial charge is 0.468 e. The predicted octanol–water partition coefficient (Wildman–Crippen LogP) is 1.02. The van der Waals surface area contributed by atoms with Crippen LogP contribution in [-0.2, 0) is 14.3 Å². The highest BCUT2D eigenvalue weighted by Gasteiger charge is 2.27. The lowest BCUT2D eigenvalue weighted by Crippen LogP contribution is -2.27. The first-order valence-electron chi connectivity index (χ1n) is 3.59. The fourth-order valence-electron chi connectivity index (χ4n) is 1.03. The quantitative estimate of drug-likeness (QED) is 0.455. The van der Waals surface area contributed by atoms with Gasteiger partial charge in [-0.1, -0.05) is 13.8 Å². The van der Waals surface area contributed by atoms with Gasteiger partial charge in [0.05, 0.1) is 7.11 Å². The first-order valence-corrected chi connectivity index (χ1v) is 3.59. The number of carbonyl (C=O) groups is 2. The van der Waals surface area contributed by atoms with E-state index in [-0.39, 0.29) is 11.7 Å². The van der Waals surface area contributed by atoms with Gasteiger partial charge in [-0.05, 0) is 12.8 Å². The van der Waals surface area contributed by atoms with E-state index in [2.05, 4.69) is 4.74 Å². The van der Waals surface area contributed by atoms with E-state index < -0.39 is 11.9 Å². The van der Waals surface area contributed by atoms with Gasteiger partial charge >= 0.3 is 5.97 Å². The molecule has 0 N–H and O–H groups in total. The van der Waals surface area contributed by atoms with Gasteiger partial charge in [0.15, 0.2) is 0 Å². The molecule has 0 aromatic carbocycles. The second-order valence-corrected chi connectivity index (χ2v) is 2.86. The van der Waals surface area contributed by atoms with Crippen molar-refractivity contribution in [2.24, 2.45) is 11.8 Å². The molecule has 0 unspecified atom stereocenters. The SMILES string of the molecule is COC(=O)[C@@H](C(C)=O)C(C)C. The van der Waals surface area contributed by atoms with E-state index in [9.17, 15) is 9.59 Å². The molecule has 0 saturated carbocycles. The third-order valence-corrected chi connectivity index (χ3v) is 1.56. The van der Waals surface area contributed by atoms with E-state index in [1.54, 1.807) is 0 Å². The van der Waals surface area contributed by atoms with Crippen LogP contribution >= 0.6 is 0 Å². The molecule has 3 heteroatoms. The average molecular weight is 158 g/mol. The zero-order valence-corrected chi connectivity index (χ0v) is 7.38. The predicted molar refractivity (Wildman–Crippen MR) is 41.0 cm³/mol. The average Bonchev–Trinajstić information content (AvgIpc) is 1.85. The third kappa shape index (κ3) is 2.70. The minimum Gasteiger partial charge on any atom is -0.468 e. The number of rotatable bonds is 3. The van der Waals surface area contributed by atoms with Crippen molar-refractivity contribution in [3.63, 3.8) is 0 Å². The molecule has 0 aliphatic heterocycles. The molecule has 0 heterocycles. The van der Waals surface area contributed by atoms with Gasteiger partial charge in [-0.15, -0.1) is 0 Å². The zero-order valence-electron chi connectivity index (χ0n) is 7.38. The summed E-state index contributed by atoms with van der Waals surface area (Å²) >= 11 is 0. The molecule has 1 atom stereocenters. The summed E-state index contributed by atoms with van der Waals surface area (Å²) in [5, 5.41) is 0. The Morgan fingerprint density at radius 3 is 1.82 bits per heavy atom. The first kappa shape index (κ1) is 10.1. The molecule has 11 heavy (non-hydrogen) atoms. The molecule has 0 bridgehead atoms. The van der Waals surface area contributed by atoms with Gasteiger partial charge in [0, 0.05) is 0 Å². The Hall–Kier alpha value is -0.860. The molecule has 0 spiro atoms. The Bertz CT molecular complexity index is 161. The third-order valence-electron chi connectivity index (χ3n) is 1.56. The van der Waals surface area contributed by atoms with Crippen molar-refractivity contribution in [2.45, 2.75) is 20.8 Å². The molecule has 0 rings (SSSR count). The minimum absolute atomic E-state index is 0.0138. The van der Waals surface area contributed by atoms with Crippen LogP contribution in [0.1, 0.15) is 20.8 Å². The fraction of sp³-hybridized carbons (Fsp3) is 0.750. The molecule has 0 saturated heterocycles. The summed E-state index contributed by atoms with van der Waals surface area (Å²) in [6.45, 7) is 5.05. The second-order valence-electron chi connectivity index (χ2n) is 2.86. The van der Waals surface area contributed by atoms with E-state index in [4.69, 9.17) is 0 Å². The van der Waals surface area contributed by atoms with Crippen LogP contribution in [0, 0.1) is 11.8 Å². The van der Waals surface area contributed by atoms with Crippen LogP contribution in [0.15, 0.2) is 0 Å². The van der Waals surface area contributed by atoms with E-state index in [1.807, 2.05) is 13.8 Å². The summed E-state index contributed by atoms with van der Waals surface area (Å²) < 4.78 is 4.48. The highest BCUT2D eigenvalue weighted by molar-refractivity contribution is 5.97. The molecule has 0 amide bonds. The Kier molecular flexibility index (Phi) is 3.79. The lowest BCUT2D eigenvalue weighted by Gasteiger charge is -2.14. The van der Waals surface area contributed by atoms with Gasteiger partial charge in [0.25, 0.3) is 0 Å². The topological polar surface area (TPSA) is 43.4 Å². The van der Waals surface area contributed by atoms with Crippen LogP contribution in [0.25, 0.3) is 0 Å². The number of methoxy groups -OCH3 is 1. The van der Waals surface area contributed by atoms with E-state index >= 15 is 0 Å². The Balaban J connectivity index is 4.34. The standard InChI is InChI=1S/C8H14O3/c1-5(2)7(6(3)9)8(10)11-4/h5,7H,1-4H3/t7-/m1/s1. The van der Waals surface area contributed by atoms with E-state index in [0.29, 0.717) is 0 Å². The summed E-state index contributed by atoms with van der Waals surface area (Å²) in [6.07, 6.45) is 0. The number of hydrogen-bond donors (Lipinski definition) is 0. The van der Waals surface area contributed by atoms with Gasteiger partial charge in [0.2, 0.25) is 0 Å². The molecule has 0 fully saturated rings. The Morgan fingerprint density at radius 1 is 1.27 bits per heavy atom. The van der Waals surface area contributed by atoms with Crippen LogP contribution in [0.5, 0.6) is 0 Å². The Morgan fingerprint density at radius 2 is 1.73 bits per heavy atom. The zero-order chi connectivity index (χ0) is 9.02. The summed E-state index contributed by atoms with van der Waals surface area (Å²) in [4.78, 5) is 21.8. The fourth-order valence-corrected chi connectivity index (χ4v) is 1.03. The molecular formula is C8H14O3. The highest BCUT2D eigenvalue weighted by Crippen LogP contribution is 2.13. The molecule has 0 aromatic rings. The molecule has 0 aliphatic rings. The van der Waals surface area contributed by atoms with Crippen molar-refractivity contribution >= 4 is 11.8 Å². The molecule has 64 valence electrons. The van der Waals surface area contributed by atoms with Crippen molar-refractivity contribution in [3.8, 4) is 0 Å². The maximum absolute atomic E-state index is 11.0. The summed E-state index contributed by atoms with van der Waals surface area (Å²) in [6, 6.07) is 0. The smallest absolute Gasteiger partial charge is 0.316 e. The summed E-state index contributed by atoms with van der Waals surface area (Å²) in [7, 11) is 1.29. The van der Waals surface area contributed by atoms with Crippen molar-refractivity contribution < 1.29 is 14.3 Å². The molecule has 0 aliphatic carbocycles. The highest BCUT2D eigenvalue weighted by atomic mass is 16.5. The van der Waals surface area contributed by atoms with Crippen molar-refractivity contribution in [2.75, 3.05) is 7.11 Å². The van der Waals surface area contributed by atoms with Gasteiger partial charge < -0.3 is 4.74 Å². The molecule has 0 aromatic heterocycles. The number of carbonyl (C=O) groups excluding carboxylic acids is 2. The number of ether oxygens (including phenoxy) is 1. The van der Waals surface area contributed by atoms with Crippen molar-refractivity contribution in [1.29, 1.82) is 0 Å². The van der Waals surface area contributed by atoms with Gasteiger partial charge in [-0.3, -0.25) is 9.59 Å². The van der Waals surface area contributed by atoms with E-state index in [0.717, 1.165) is 0 Å². The normalized spacial score (nSPS) is 12.8. The molecular weight excluding hydrogens is 144 g/mol. The second kappa shape index (κ2) is 4.11. The Labute approximate surface area is 66.7 Å². The number of ketones is 1. The van der Waals surface area contributed by atoms with Crippen LogP contribution in [-0.4, -0.2) is 18.9 Å². The van der Waals surface area contributed by atoms with Crippen molar-refractivity contribution in [3.05, 3.63) is 0 Å². The lowest BCUT2D eigenvalue weighted by atomic mass is 9.92. The van der Waals surface area contributed by atoms with Crippen LogP contribution in [0.4, 0.5) is 0 Å². The summed E-state index contributed by atoms with van der Waals surface area (Å²) in [5.41, 5.74) is 0. The monoisotopic (exact) mass is 158 g/mol. The summed E-state index contributed by atoms with van der Waals surface area (Å²) in [5.74, 6) is -1.15. The van der Waals surface area contributed by atoms with E-state index in [1.165, 1.54) is 14.0 Å². The van der Waals surface area contributed by atoms with Crippen LogP contribution < -0.4 is 0 Å². The molecule has 0 radical (unpaired) electrons. The van der Waals surface area contributed by atoms with Gasteiger partial charge in [-0.2, -0.15) is 0 Å². The number of esters is 1. The first-order chi connectivity index (χ1) is 5.00. The van der Waals surface area contributed by atoms with Crippen molar-refractivity contribution in [1.82, 2.24) is 0 Å². The molecule has 3 nitrogen and oxygen atoms in total. The minimum atomic E-state index is -0.597. The maximum Gasteiger partial charge on any atom is 0.316 e. The van der Waals surface area contributed by atoms with Crippen LogP contribution in [0.3, 0.4) is 0 Å². The maximum atomic E-state index is 11.0.